The van der Waals surface area contributed by atoms with Gasteiger partial charge in [-0.05, 0) is 46.1 Å². The summed E-state index contributed by atoms with van der Waals surface area (Å²) in [5.41, 5.74) is -1.51. The molecule has 0 bridgehead atoms. The monoisotopic (exact) mass is 438 g/mol. The van der Waals surface area contributed by atoms with Gasteiger partial charge in [0.1, 0.15) is 11.4 Å². The van der Waals surface area contributed by atoms with E-state index in [1.165, 1.54) is 17.8 Å². The number of methoxy groups -OCH3 is 1. The summed E-state index contributed by atoms with van der Waals surface area (Å²) in [7, 11) is 1.65. The number of aliphatic imine (C=N–C) groups is 1. The lowest BCUT2D eigenvalue weighted by Gasteiger charge is -2.46. The van der Waals surface area contributed by atoms with Gasteiger partial charge in [-0.25, -0.2) is 4.39 Å². The number of carbonyl (C=O) groups is 1. The van der Waals surface area contributed by atoms with E-state index in [1.807, 2.05) is 0 Å². The van der Waals surface area contributed by atoms with Crippen LogP contribution in [0.1, 0.15) is 52.0 Å². The Morgan fingerprint density at radius 1 is 1.43 bits per heavy atom. The van der Waals surface area contributed by atoms with Gasteiger partial charge < -0.3 is 9.47 Å². The molecule has 2 aliphatic rings. The maximum absolute atomic E-state index is 15.0. The maximum atomic E-state index is 15.0. The van der Waals surface area contributed by atoms with Crippen LogP contribution in [0.3, 0.4) is 0 Å². The highest BCUT2D eigenvalue weighted by Gasteiger charge is 2.49. The molecule has 0 amide bonds. The summed E-state index contributed by atoms with van der Waals surface area (Å²) >= 11 is 1.46. The van der Waals surface area contributed by atoms with Crippen LogP contribution < -0.4 is 0 Å². The van der Waals surface area contributed by atoms with E-state index in [9.17, 15) is 19.3 Å². The molecule has 1 saturated carbocycles. The first kappa shape index (κ1) is 22.7. The number of hydrogen-bond donors (Lipinski definition) is 0. The van der Waals surface area contributed by atoms with Gasteiger partial charge in [-0.1, -0.05) is 0 Å². The summed E-state index contributed by atoms with van der Waals surface area (Å²) in [6, 6.07) is 3.58. The molecule has 0 saturated heterocycles. The summed E-state index contributed by atoms with van der Waals surface area (Å²) < 4.78 is 25.9. The van der Waals surface area contributed by atoms with Crippen molar-refractivity contribution < 1.29 is 23.6 Å². The van der Waals surface area contributed by atoms with Crippen LogP contribution in [0.25, 0.3) is 0 Å². The largest absolute Gasteiger partial charge is 0.460 e. The van der Waals surface area contributed by atoms with E-state index in [2.05, 4.69) is 0 Å². The first-order valence-electron chi connectivity index (χ1n) is 9.94. The average Bonchev–Trinajstić information content (AvgIpc) is 2.66. The predicted molar refractivity (Wildman–Crippen MR) is 113 cm³/mol. The highest BCUT2D eigenvalue weighted by Crippen LogP contribution is 2.51. The third kappa shape index (κ3) is 4.83. The fraction of sp³-hybridized carbons (Fsp3) is 0.619. The molecule has 9 heteroatoms. The lowest BCUT2D eigenvalue weighted by Crippen LogP contribution is -2.46. The van der Waals surface area contributed by atoms with Crippen LogP contribution in [0, 0.1) is 21.8 Å². The number of nitro groups is 1. The fourth-order valence-corrected chi connectivity index (χ4v) is 5.45. The van der Waals surface area contributed by atoms with E-state index in [0.717, 1.165) is 12.1 Å². The molecule has 1 fully saturated rings. The lowest BCUT2D eigenvalue weighted by atomic mass is 9.68. The van der Waals surface area contributed by atoms with Crippen LogP contribution in [-0.2, 0) is 19.8 Å². The fourth-order valence-electron chi connectivity index (χ4n) is 4.20. The number of carbonyl (C=O) groups excluding carboxylic acids is 1. The van der Waals surface area contributed by atoms with Crippen molar-refractivity contribution in [3.8, 4) is 0 Å². The van der Waals surface area contributed by atoms with Crippen molar-refractivity contribution in [1.29, 1.82) is 0 Å². The Balaban J connectivity index is 2.02. The highest BCUT2D eigenvalue weighted by molar-refractivity contribution is 8.14. The smallest absolute Gasteiger partial charge is 0.312 e. The Labute approximate surface area is 179 Å². The number of thioether (sulfide) groups is 1. The molecule has 3 atom stereocenters. The normalized spacial score (nSPS) is 26.5. The zero-order valence-corrected chi connectivity index (χ0v) is 18.5. The number of hydrogen-bond acceptors (Lipinski definition) is 7. The van der Waals surface area contributed by atoms with E-state index in [0.29, 0.717) is 30.1 Å². The molecule has 1 aliphatic carbocycles. The second-order valence-electron chi connectivity index (χ2n) is 8.75. The minimum atomic E-state index is -0.951. The molecule has 1 aliphatic heterocycles. The summed E-state index contributed by atoms with van der Waals surface area (Å²) in [6.45, 7) is 5.38. The number of non-ortho nitro benzene ring substituents is 1. The third-order valence-corrected chi connectivity index (χ3v) is 6.66. The van der Waals surface area contributed by atoms with Crippen molar-refractivity contribution in [2.24, 2.45) is 10.9 Å². The molecule has 0 aromatic heterocycles. The molecule has 164 valence electrons. The molecule has 1 aromatic carbocycles. The Morgan fingerprint density at radius 3 is 2.80 bits per heavy atom. The number of ether oxygens (including phenoxy) is 2. The molecule has 3 rings (SSSR count). The van der Waals surface area contributed by atoms with Gasteiger partial charge in [-0.2, -0.15) is 0 Å². The van der Waals surface area contributed by atoms with Crippen LogP contribution >= 0.6 is 11.8 Å². The second-order valence-corrected chi connectivity index (χ2v) is 9.85. The highest BCUT2D eigenvalue weighted by atomic mass is 32.2. The first-order chi connectivity index (χ1) is 14.0. The molecule has 7 nitrogen and oxygen atoms in total. The number of fused-ring (bicyclic) bond motifs is 1. The number of nitro benzene ring substituents is 1. The Bertz CT molecular complexity index is 869. The lowest BCUT2D eigenvalue weighted by molar-refractivity contribution is -0.385. The minimum Gasteiger partial charge on any atom is -0.460 e. The van der Waals surface area contributed by atoms with Crippen molar-refractivity contribution >= 4 is 28.5 Å². The summed E-state index contributed by atoms with van der Waals surface area (Å²) in [6.07, 6.45) is 1.86. The van der Waals surface area contributed by atoms with Gasteiger partial charge in [0.25, 0.3) is 5.69 Å². The summed E-state index contributed by atoms with van der Waals surface area (Å²) in [4.78, 5) is 28.0. The van der Waals surface area contributed by atoms with Crippen molar-refractivity contribution in [3.63, 3.8) is 0 Å². The molecular weight excluding hydrogens is 411 g/mol. The Morgan fingerprint density at radius 2 is 2.17 bits per heavy atom. The van der Waals surface area contributed by atoms with E-state index in [1.54, 1.807) is 27.9 Å². The SMILES string of the molecule is CO[C@@H]1CC[C@]2(c3cc([N+](=O)[O-])ccc3F)N=C(CC(=O)OC(C)(C)C)SC[C@@H]2C1. The van der Waals surface area contributed by atoms with Crippen molar-refractivity contribution in [3.05, 3.63) is 39.7 Å². The molecule has 1 aromatic rings. The maximum Gasteiger partial charge on any atom is 0.312 e. The molecule has 0 radical (unpaired) electrons. The Kier molecular flexibility index (Phi) is 6.52. The van der Waals surface area contributed by atoms with Gasteiger partial charge in [0.2, 0.25) is 0 Å². The molecule has 30 heavy (non-hydrogen) atoms. The van der Waals surface area contributed by atoms with Crippen molar-refractivity contribution in [1.82, 2.24) is 0 Å². The van der Waals surface area contributed by atoms with Gasteiger partial charge in [-0.3, -0.25) is 19.9 Å². The number of rotatable bonds is 5. The minimum absolute atomic E-state index is 0.000654. The standard InChI is InChI=1S/C21H27FN2O5S/c1-20(2,3)29-19(25)11-18-23-21(8-7-15(28-4)9-13(21)12-30-18)16-10-14(24(26)27)5-6-17(16)22/h5-6,10,13,15H,7-9,11-12H2,1-4H3/t13-,15+,21-/m0/s1. The molecular formula is C21H27FN2O5S. The molecule has 1 heterocycles. The van der Waals surface area contributed by atoms with Gasteiger partial charge in [0, 0.05) is 36.5 Å². The van der Waals surface area contributed by atoms with E-state index >= 15 is 0 Å². The predicted octanol–water partition coefficient (Wildman–Crippen LogP) is 4.62. The number of benzene rings is 1. The third-order valence-electron chi connectivity index (χ3n) is 5.52. The number of nitrogens with zero attached hydrogens (tertiary/aromatic N) is 2. The van der Waals surface area contributed by atoms with Crippen LogP contribution in [0.15, 0.2) is 23.2 Å². The van der Waals surface area contributed by atoms with E-state index in [-0.39, 0.29) is 29.7 Å². The van der Waals surface area contributed by atoms with Gasteiger partial charge >= 0.3 is 5.97 Å². The first-order valence-corrected chi connectivity index (χ1v) is 10.9. The van der Waals surface area contributed by atoms with Crippen LogP contribution in [0.5, 0.6) is 0 Å². The van der Waals surface area contributed by atoms with Gasteiger partial charge in [0.15, 0.2) is 0 Å². The van der Waals surface area contributed by atoms with Gasteiger partial charge in [-0.15, -0.1) is 11.8 Å². The van der Waals surface area contributed by atoms with E-state index < -0.39 is 27.8 Å². The second kappa shape index (κ2) is 8.63. The van der Waals surface area contributed by atoms with Crippen LogP contribution in [0.2, 0.25) is 0 Å². The summed E-state index contributed by atoms with van der Waals surface area (Å²) in [5, 5.41) is 11.9. The average molecular weight is 439 g/mol. The summed E-state index contributed by atoms with van der Waals surface area (Å²) in [5.74, 6) is -0.342. The zero-order chi connectivity index (χ0) is 22.1. The number of esters is 1. The Hall–Kier alpha value is -2.00. The van der Waals surface area contributed by atoms with Crippen LogP contribution in [0.4, 0.5) is 10.1 Å². The van der Waals surface area contributed by atoms with Gasteiger partial charge in [0.05, 0.1) is 28.0 Å². The zero-order valence-electron chi connectivity index (χ0n) is 17.6. The molecule has 0 N–H and O–H groups in total. The topological polar surface area (TPSA) is 91.0 Å². The van der Waals surface area contributed by atoms with Crippen LogP contribution in [-0.4, -0.2) is 40.5 Å². The molecule has 0 spiro atoms. The van der Waals surface area contributed by atoms with Crippen molar-refractivity contribution in [2.45, 2.75) is 63.7 Å². The quantitative estimate of drug-likeness (QED) is 0.378. The molecule has 0 unspecified atom stereocenters. The number of halogens is 1. The van der Waals surface area contributed by atoms with E-state index in [4.69, 9.17) is 14.5 Å². The van der Waals surface area contributed by atoms with Crippen molar-refractivity contribution in [2.75, 3.05) is 12.9 Å².